The Morgan fingerprint density at radius 3 is 2.70 bits per heavy atom. The van der Waals surface area contributed by atoms with Crippen molar-refractivity contribution in [3.05, 3.63) is 23.0 Å². The first-order chi connectivity index (χ1) is 10.7. The molecule has 2 rings (SSSR count). The molecule has 2 heterocycles. The molecule has 2 N–H and O–H groups in total. The number of aromatic nitrogens is 2. The Kier molecular flexibility index (Phi) is 5.26. The molecule has 0 spiro atoms. The number of carbonyl (C=O) groups excluding carboxylic acids is 1. The molecule has 0 aliphatic carbocycles. The Labute approximate surface area is 137 Å². The van der Waals surface area contributed by atoms with Crippen LogP contribution in [0.2, 0.25) is 0 Å². The Bertz CT molecular complexity index is 721. The van der Waals surface area contributed by atoms with Crippen molar-refractivity contribution in [1.82, 2.24) is 14.7 Å². The molecule has 7 nitrogen and oxygen atoms in total. The molecule has 1 saturated heterocycles. The van der Waals surface area contributed by atoms with Crippen molar-refractivity contribution >= 4 is 22.0 Å². The van der Waals surface area contributed by atoms with Crippen molar-refractivity contribution in [1.29, 1.82) is 0 Å². The molecule has 0 bridgehead atoms. The molecule has 1 fully saturated rings. The predicted octanol–water partition coefficient (Wildman–Crippen LogP) is 0.577. The highest BCUT2D eigenvalue weighted by atomic mass is 32.2. The summed E-state index contributed by atoms with van der Waals surface area (Å²) in [6.07, 6.45) is 4.90. The van der Waals surface area contributed by atoms with E-state index >= 15 is 0 Å². The van der Waals surface area contributed by atoms with Gasteiger partial charge in [0.15, 0.2) is 0 Å². The van der Waals surface area contributed by atoms with Crippen LogP contribution < -0.4 is 5.14 Å². The minimum absolute atomic E-state index is 0.0681. The van der Waals surface area contributed by atoms with Crippen LogP contribution in [0, 0.1) is 19.8 Å². The van der Waals surface area contributed by atoms with Crippen molar-refractivity contribution in [2.24, 2.45) is 18.1 Å². The Morgan fingerprint density at radius 1 is 1.43 bits per heavy atom. The summed E-state index contributed by atoms with van der Waals surface area (Å²) in [6.45, 7) is 4.94. The minimum Gasteiger partial charge on any atom is -0.339 e. The van der Waals surface area contributed by atoms with Crippen LogP contribution in [0.1, 0.15) is 29.8 Å². The second kappa shape index (κ2) is 6.84. The molecule has 1 aromatic heterocycles. The van der Waals surface area contributed by atoms with Crippen LogP contribution in [-0.2, 0) is 21.9 Å². The second-order valence-corrected chi connectivity index (χ2v) is 7.82. The molecular weight excluding hydrogens is 316 g/mol. The lowest BCUT2D eigenvalue weighted by Crippen LogP contribution is -2.41. The highest BCUT2D eigenvalue weighted by Gasteiger charge is 2.25. The molecule has 128 valence electrons. The minimum atomic E-state index is -3.50. The molecule has 0 saturated carbocycles. The molecule has 0 aromatic carbocycles. The van der Waals surface area contributed by atoms with Crippen LogP contribution in [0.5, 0.6) is 0 Å². The first-order valence-electron chi connectivity index (χ1n) is 7.65. The average Bonchev–Trinajstić information content (AvgIpc) is 2.68. The van der Waals surface area contributed by atoms with Gasteiger partial charge >= 0.3 is 0 Å². The molecular formula is C15H24N4O3S. The zero-order valence-electron chi connectivity index (χ0n) is 13.8. The SMILES string of the molecule is Cc1nn(C)c(C)c1/C=C/C(=O)N1CCC[C@H](CS(N)(=O)=O)C1. The summed E-state index contributed by atoms with van der Waals surface area (Å²) in [4.78, 5) is 14.0. The zero-order valence-corrected chi connectivity index (χ0v) is 14.6. The first-order valence-corrected chi connectivity index (χ1v) is 9.36. The fourth-order valence-corrected chi connectivity index (χ4v) is 3.95. The Hall–Kier alpha value is -1.67. The number of hydrogen-bond donors (Lipinski definition) is 1. The summed E-state index contributed by atoms with van der Waals surface area (Å²) in [5, 5.41) is 9.42. The van der Waals surface area contributed by atoms with E-state index in [2.05, 4.69) is 5.10 Å². The highest BCUT2D eigenvalue weighted by Crippen LogP contribution is 2.19. The topological polar surface area (TPSA) is 98.3 Å². The van der Waals surface area contributed by atoms with E-state index in [4.69, 9.17) is 5.14 Å². The van der Waals surface area contributed by atoms with Gasteiger partial charge in [-0.05, 0) is 38.7 Å². The fourth-order valence-electron chi connectivity index (χ4n) is 3.02. The number of aryl methyl sites for hydroxylation is 2. The summed E-state index contributed by atoms with van der Waals surface area (Å²) in [5.74, 6) is -0.258. The lowest BCUT2D eigenvalue weighted by atomic mass is 10.00. The van der Waals surface area contributed by atoms with Gasteiger partial charge in [0.25, 0.3) is 0 Å². The normalized spacial score (nSPS) is 19.5. The maximum atomic E-state index is 12.3. The van der Waals surface area contributed by atoms with Gasteiger partial charge in [0.2, 0.25) is 15.9 Å². The third-order valence-electron chi connectivity index (χ3n) is 4.26. The molecule has 0 unspecified atom stereocenters. The van der Waals surface area contributed by atoms with Crippen LogP contribution in [-0.4, -0.2) is 47.8 Å². The van der Waals surface area contributed by atoms with Crippen LogP contribution in [0.15, 0.2) is 6.08 Å². The number of piperidine rings is 1. The number of nitrogens with two attached hydrogens (primary N) is 1. The van der Waals surface area contributed by atoms with Crippen molar-refractivity contribution in [2.45, 2.75) is 26.7 Å². The molecule has 1 aromatic rings. The summed E-state index contributed by atoms with van der Waals surface area (Å²) in [5.41, 5.74) is 2.82. The first kappa shape index (κ1) is 17.7. The summed E-state index contributed by atoms with van der Waals surface area (Å²) in [7, 11) is -1.64. The van der Waals surface area contributed by atoms with E-state index in [0.717, 1.165) is 29.8 Å². The van der Waals surface area contributed by atoms with Gasteiger partial charge in [0.1, 0.15) is 0 Å². The van der Waals surface area contributed by atoms with Crippen molar-refractivity contribution in [3.8, 4) is 0 Å². The van der Waals surface area contributed by atoms with Gasteiger partial charge in [0, 0.05) is 37.5 Å². The number of carbonyl (C=O) groups is 1. The number of likely N-dealkylation sites (tertiary alicyclic amines) is 1. The number of amides is 1. The van der Waals surface area contributed by atoms with Gasteiger partial charge in [-0.2, -0.15) is 5.10 Å². The third kappa shape index (κ3) is 4.65. The lowest BCUT2D eigenvalue weighted by molar-refractivity contribution is -0.127. The summed E-state index contributed by atoms with van der Waals surface area (Å²) >= 11 is 0. The fraction of sp³-hybridized carbons (Fsp3) is 0.600. The van der Waals surface area contributed by atoms with E-state index in [1.165, 1.54) is 6.08 Å². The monoisotopic (exact) mass is 340 g/mol. The molecule has 23 heavy (non-hydrogen) atoms. The van der Waals surface area contributed by atoms with E-state index in [1.807, 2.05) is 20.9 Å². The zero-order chi connectivity index (χ0) is 17.2. The molecule has 1 atom stereocenters. The predicted molar refractivity (Wildman–Crippen MR) is 89.0 cm³/mol. The maximum absolute atomic E-state index is 12.3. The number of sulfonamides is 1. The maximum Gasteiger partial charge on any atom is 0.246 e. The van der Waals surface area contributed by atoms with E-state index in [1.54, 1.807) is 15.7 Å². The van der Waals surface area contributed by atoms with E-state index in [-0.39, 0.29) is 17.6 Å². The second-order valence-electron chi connectivity index (χ2n) is 6.16. The number of nitrogens with zero attached hydrogens (tertiary/aromatic N) is 3. The Balaban J connectivity index is 2.04. The number of hydrogen-bond acceptors (Lipinski definition) is 4. The van der Waals surface area contributed by atoms with Gasteiger partial charge in [-0.3, -0.25) is 9.48 Å². The van der Waals surface area contributed by atoms with E-state index in [9.17, 15) is 13.2 Å². The van der Waals surface area contributed by atoms with Gasteiger partial charge < -0.3 is 4.90 Å². The number of rotatable bonds is 4. The van der Waals surface area contributed by atoms with Crippen LogP contribution in [0.25, 0.3) is 6.08 Å². The Morgan fingerprint density at radius 2 is 2.13 bits per heavy atom. The van der Waals surface area contributed by atoms with E-state index < -0.39 is 10.0 Å². The van der Waals surface area contributed by atoms with Crippen molar-refractivity contribution < 1.29 is 13.2 Å². The van der Waals surface area contributed by atoms with Gasteiger partial charge in [-0.15, -0.1) is 0 Å². The smallest absolute Gasteiger partial charge is 0.246 e. The van der Waals surface area contributed by atoms with Gasteiger partial charge in [0.05, 0.1) is 11.4 Å². The molecule has 0 radical (unpaired) electrons. The van der Waals surface area contributed by atoms with Crippen LogP contribution in [0.3, 0.4) is 0 Å². The molecule has 1 amide bonds. The van der Waals surface area contributed by atoms with Crippen LogP contribution in [0.4, 0.5) is 0 Å². The highest BCUT2D eigenvalue weighted by molar-refractivity contribution is 7.89. The van der Waals surface area contributed by atoms with Crippen molar-refractivity contribution in [2.75, 3.05) is 18.8 Å². The summed E-state index contributed by atoms with van der Waals surface area (Å²) < 4.78 is 24.2. The number of primary sulfonamides is 1. The summed E-state index contributed by atoms with van der Waals surface area (Å²) in [6, 6.07) is 0. The lowest BCUT2D eigenvalue weighted by Gasteiger charge is -2.31. The van der Waals surface area contributed by atoms with E-state index in [0.29, 0.717) is 13.1 Å². The van der Waals surface area contributed by atoms with Gasteiger partial charge in [-0.25, -0.2) is 13.6 Å². The third-order valence-corrected chi connectivity index (χ3v) is 5.19. The van der Waals surface area contributed by atoms with Crippen molar-refractivity contribution in [3.63, 3.8) is 0 Å². The quantitative estimate of drug-likeness (QED) is 0.811. The standard InChI is InChI=1S/C15H24N4O3S/c1-11-14(12(2)18(3)17-11)6-7-15(20)19-8-4-5-13(9-19)10-23(16,21)22/h6-7,13H,4-5,8-10H2,1-3H3,(H2,16,21,22)/b7-6+/t13-/m0/s1. The largest absolute Gasteiger partial charge is 0.339 e. The molecule has 8 heteroatoms. The molecule has 1 aliphatic rings. The molecule has 1 aliphatic heterocycles. The average molecular weight is 340 g/mol. The van der Waals surface area contributed by atoms with Crippen LogP contribution >= 0.6 is 0 Å². The van der Waals surface area contributed by atoms with Gasteiger partial charge in [-0.1, -0.05) is 0 Å².